The molecule has 1 aliphatic rings. The largest absolute Gasteiger partial charge is 0.311 e. The second-order valence-electron chi connectivity index (χ2n) is 4.25. The highest BCUT2D eigenvalue weighted by atomic mass is 79.9. The highest BCUT2D eigenvalue weighted by molar-refractivity contribution is 9.11. The van der Waals surface area contributed by atoms with Crippen molar-refractivity contribution in [1.29, 1.82) is 0 Å². The molecule has 1 aliphatic carbocycles. The van der Waals surface area contributed by atoms with E-state index < -0.39 is 0 Å². The maximum absolute atomic E-state index is 5.79. The lowest BCUT2D eigenvalue weighted by Crippen LogP contribution is -2.23. The molecule has 1 saturated carbocycles. The summed E-state index contributed by atoms with van der Waals surface area (Å²) in [6.07, 6.45) is 3.86. The van der Waals surface area contributed by atoms with E-state index in [2.05, 4.69) is 33.4 Å². The molecule has 0 aromatic carbocycles. The molecule has 0 aliphatic heterocycles. The van der Waals surface area contributed by atoms with Crippen molar-refractivity contribution in [3.63, 3.8) is 0 Å². The summed E-state index contributed by atoms with van der Waals surface area (Å²) in [7, 11) is 0. The fourth-order valence-electron chi connectivity index (χ4n) is 1.79. The summed E-state index contributed by atoms with van der Waals surface area (Å²) in [6, 6.07) is 4.27. The third kappa shape index (κ3) is 3.45. The van der Waals surface area contributed by atoms with Gasteiger partial charge in [-0.05, 0) is 52.7 Å². The van der Waals surface area contributed by atoms with E-state index in [1.165, 1.54) is 21.5 Å². The van der Waals surface area contributed by atoms with Gasteiger partial charge in [0.15, 0.2) is 0 Å². The SMILES string of the molecule is ClCCC1(CNCc2ccc(Br)s2)CC1. The Morgan fingerprint density at radius 2 is 2.27 bits per heavy atom. The average molecular weight is 309 g/mol. The normalized spacial score (nSPS) is 18.0. The van der Waals surface area contributed by atoms with Crippen LogP contribution in [-0.4, -0.2) is 12.4 Å². The van der Waals surface area contributed by atoms with Crippen molar-refractivity contribution in [2.45, 2.75) is 25.8 Å². The summed E-state index contributed by atoms with van der Waals surface area (Å²) in [4.78, 5) is 1.39. The Kier molecular flexibility index (Phi) is 4.10. The van der Waals surface area contributed by atoms with Crippen LogP contribution in [-0.2, 0) is 6.54 Å². The molecule has 0 saturated heterocycles. The second-order valence-corrected chi connectivity index (χ2v) is 7.17. The first-order valence-electron chi connectivity index (χ1n) is 5.25. The first-order chi connectivity index (χ1) is 7.24. The summed E-state index contributed by atoms with van der Waals surface area (Å²) in [5.74, 6) is 0.798. The highest BCUT2D eigenvalue weighted by Gasteiger charge is 2.40. The van der Waals surface area contributed by atoms with Gasteiger partial charge < -0.3 is 5.32 Å². The Morgan fingerprint density at radius 1 is 1.47 bits per heavy atom. The van der Waals surface area contributed by atoms with Crippen molar-refractivity contribution in [3.8, 4) is 0 Å². The van der Waals surface area contributed by atoms with Gasteiger partial charge in [0.2, 0.25) is 0 Å². The molecule has 2 rings (SSSR count). The van der Waals surface area contributed by atoms with E-state index in [4.69, 9.17) is 11.6 Å². The third-order valence-corrected chi connectivity index (χ3v) is 4.82. The topological polar surface area (TPSA) is 12.0 Å². The van der Waals surface area contributed by atoms with Gasteiger partial charge in [-0.2, -0.15) is 0 Å². The minimum absolute atomic E-state index is 0.538. The molecule has 1 heterocycles. The molecule has 15 heavy (non-hydrogen) atoms. The van der Waals surface area contributed by atoms with Gasteiger partial charge in [0.25, 0.3) is 0 Å². The van der Waals surface area contributed by atoms with Gasteiger partial charge in [0.05, 0.1) is 3.79 Å². The lowest BCUT2D eigenvalue weighted by Gasteiger charge is -2.13. The fourth-order valence-corrected chi connectivity index (χ4v) is 3.64. The van der Waals surface area contributed by atoms with Crippen molar-refractivity contribution >= 4 is 38.9 Å². The van der Waals surface area contributed by atoms with E-state index >= 15 is 0 Å². The van der Waals surface area contributed by atoms with Crippen LogP contribution >= 0.6 is 38.9 Å². The molecule has 1 fully saturated rings. The number of halogens is 2. The van der Waals surface area contributed by atoms with E-state index in [1.54, 1.807) is 11.3 Å². The smallest absolute Gasteiger partial charge is 0.0701 e. The van der Waals surface area contributed by atoms with E-state index in [0.29, 0.717) is 5.41 Å². The lowest BCUT2D eigenvalue weighted by atomic mass is 10.0. The molecule has 0 unspecified atom stereocenters. The third-order valence-electron chi connectivity index (χ3n) is 3.01. The number of rotatable bonds is 6. The van der Waals surface area contributed by atoms with Crippen LogP contribution in [0.1, 0.15) is 24.1 Å². The highest BCUT2D eigenvalue weighted by Crippen LogP contribution is 2.48. The minimum Gasteiger partial charge on any atom is -0.311 e. The molecule has 1 N–H and O–H groups in total. The fraction of sp³-hybridized carbons (Fsp3) is 0.636. The average Bonchev–Trinajstić information content (AvgIpc) is 2.83. The molecule has 1 aromatic rings. The van der Waals surface area contributed by atoms with Crippen LogP contribution in [0, 0.1) is 5.41 Å². The van der Waals surface area contributed by atoms with Gasteiger partial charge in [-0.1, -0.05) is 0 Å². The molecule has 1 nitrogen and oxygen atoms in total. The Hall–Kier alpha value is 0.430. The van der Waals surface area contributed by atoms with Crippen LogP contribution in [0.3, 0.4) is 0 Å². The minimum atomic E-state index is 0.538. The Bertz CT molecular complexity index is 322. The number of hydrogen-bond acceptors (Lipinski definition) is 2. The van der Waals surface area contributed by atoms with Gasteiger partial charge in [0, 0.05) is 23.8 Å². The molecule has 0 spiro atoms. The number of thiophene rings is 1. The van der Waals surface area contributed by atoms with Gasteiger partial charge in [-0.3, -0.25) is 0 Å². The van der Waals surface area contributed by atoms with E-state index in [1.807, 2.05) is 0 Å². The van der Waals surface area contributed by atoms with Crippen molar-refractivity contribution in [2.24, 2.45) is 5.41 Å². The maximum Gasteiger partial charge on any atom is 0.0701 e. The van der Waals surface area contributed by atoms with Gasteiger partial charge in [-0.25, -0.2) is 0 Å². The number of nitrogens with one attached hydrogen (secondary N) is 1. The van der Waals surface area contributed by atoms with Crippen molar-refractivity contribution in [1.82, 2.24) is 5.32 Å². The Morgan fingerprint density at radius 3 is 2.80 bits per heavy atom. The predicted molar refractivity (Wildman–Crippen MR) is 70.7 cm³/mol. The van der Waals surface area contributed by atoms with E-state index in [0.717, 1.165) is 25.4 Å². The van der Waals surface area contributed by atoms with Gasteiger partial charge in [-0.15, -0.1) is 22.9 Å². The zero-order valence-electron chi connectivity index (χ0n) is 8.56. The van der Waals surface area contributed by atoms with Crippen LogP contribution in [0.4, 0.5) is 0 Å². The van der Waals surface area contributed by atoms with E-state index in [-0.39, 0.29) is 0 Å². The van der Waals surface area contributed by atoms with Crippen LogP contribution in [0.15, 0.2) is 15.9 Å². The van der Waals surface area contributed by atoms with Crippen molar-refractivity contribution in [3.05, 3.63) is 20.8 Å². The molecule has 4 heteroatoms. The molecule has 84 valence electrons. The molecule has 0 atom stereocenters. The van der Waals surface area contributed by atoms with Crippen LogP contribution in [0.25, 0.3) is 0 Å². The molecule has 0 amide bonds. The second kappa shape index (κ2) is 5.17. The van der Waals surface area contributed by atoms with Crippen molar-refractivity contribution in [2.75, 3.05) is 12.4 Å². The molecular weight excluding hydrogens is 294 g/mol. The summed E-state index contributed by atoms with van der Waals surface area (Å²) in [5, 5.41) is 3.53. The van der Waals surface area contributed by atoms with Crippen LogP contribution in [0.2, 0.25) is 0 Å². The van der Waals surface area contributed by atoms with E-state index in [9.17, 15) is 0 Å². The standard InChI is InChI=1S/C11H15BrClNS/c12-10-2-1-9(15-10)7-14-8-11(3-4-11)5-6-13/h1-2,14H,3-8H2. The maximum atomic E-state index is 5.79. The molecule has 0 radical (unpaired) electrons. The van der Waals surface area contributed by atoms with Crippen molar-refractivity contribution < 1.29 is 0 Å². The Balaban J connectivity index is 1.71. The molecule has 1 aromatic heterocycles. The zero-order chi connectivity index (χ0) is 10.7. The quantitative estimate of drug-likeness (QED) is 0.783. The first kappa shape index (κ1) is 11.9. The summed E-state index contributed by atoms with van der Waals surface area (Å²) >= 11 is 11.1. The monoisotopic (exact) mass is 307 g/mol. The summed E-state index contributed by atoms with van der Waals surface area (Å²) < 4.78 is 1.21. The lowest BCUT2D eigenvalue weighted by molar-refractivity contribution is 0.447. The van der Waals surface area contributed by atoms with Crippen LogP contribution in [0.5, 0.6) is 0 Å². The Labute approximate surface area is 108 Å². The molecular formula is C11H15BrClNS. The first-order valence-corrected chi connectivity index (χ1v) is 7.39. The molecule has 0 bridgehead atoms. The summed E-state index contributed by atoms with van der Waals surface area (Å²) in [6.45, 7) is 2.11. The number of alkyl halides is 1. The zero-order valence-corrected chi connectivity index (χ0v) is 11.7. The number of hydrogen-bond donors (Lipinski definition) is 1. The van der Waals surface area contributed by atoms with Gasteiger partial charge >= 0.3 is 0 Å². The van der Waals surface area contributed by atoms with Crippen LogP contribution < -0.4 is 5.32 Å². The predicted octanol–water partition coefficient (Wildman–Crippen LogP) is 4.01. The van der Waals surface area contributed by atoms with Gasteiger partial charge in [0.1, 0.15) is 0 Å². The summed E-state index contributed by atoms with van der Waals surface area (Å²) in [5.41, 5.74) is 0.538.